The molecular formula is C22H25NO3. The van der Waals surface area contributed by atoms with Crippen LogP contribution >= 0.6 is 0 Å². The molecular weight excluding hydrogens is 326 g/mol. The van der Waals surface area contributed by atoms with Gasteiger partial charge in [0.25, 0.3) is 0 Å². The van der Waals surface area contributed by atoms with Gasteiger partial charge in [-0.05, 0) is 36.1 Å². The van der Waals surface area contributed by atoms with E-state index in [4.69, 9.17) is 9.47 Å². The number of carbonyl (C=O) groups is 1. The fourth-order valence-corrected chi connectivity index (χ4v) is 4.34. The molecule has 4 heteroatoms. The second-order valence-corrected chi connectivity index (χ2v) is 7.26. The van der Waals surface area contributed by atoms with Gasteiger partial charge in [0.15, 0.2) is 0 Å². The lowest BCUT2D eigenvalue weighted by atomic mass is 9.64. The summed E-state index contributed by atoms with van der Waals surface area (Å²) >= 11 is 0. The Morgan fingerprint density at radius 3 is 2.62 bits per heavy atom. The molecule has 26 heavy (non-hydrogen) atoms. The minimum atomic E-state index is 0.0866. The van der Waals surface area contributed by atoms with Crippen molar-refractivity contribution in [2.45, 2.75) is 31.4 Å². The molecule has 136 valence electrons. The monoisotopic (exact) mass is 351 g/mol. The van der Waals surface area contributed by atoms with Crippen LogP contribution in [-0.4, -0.2) is 31.8 Å². The second-order valence-electron chi connectivity index (χ2n) is 7.26. The van der Waals surface area contributed by atoms with E-state index in [1.54, 1.807) is 7.11 Å². The zero-order valence-corrected chi connectivity index (χ0v) is 15.1. The number of amides is 1. The Morgan fingerprint density at radius 1 is 1.12 bits per heavy atom. The Hall–Kier alpha value is -2.33. The number of hydrogen-bond donors (Lipinski definition) is 1. The predicted octanol–water partition coefficient (Wildman–Crippen LogP) is 3.00. The van der Waals surface area contributed by atoms with E-state index < -0.39 is 0 Å². The zero-order chi connectivity index (χ0) is 17.9. The molecule has 1 saturated carbocycles. The van der Waals surface area contributed by atoms with Crippen LogP contribution in [0.1, 0.15) is 17.5 Å². The first kappa shape index (κ1) is 17.1. The number of ether oxygens (including phenoxy) is 2. The lowest BCUT2D eigenvalue weighted by Gasteiger charge is -2.48. The van der Waals surface area contributed by atoms with E-state index in [-0.39, 0.29) is 11.9 Å². The van der Waals surface area contributed by atoms with E-state index in [0.29, 0.717) is 24.4 Å². The summed E-state index contributed by atoms with van der Waals surface area (Å²) in [7, 11) is 1.64. The summed E-state index contributed by atoms with van der Waals surface area (Å²) in [4.78, 5) is 12.6. The first-order valence-electron chi connectivity index (χ1n) is 9.32. The quantitative estimate of drug-likeness (QED) is 0.870. The Kier molecular flexibility index (Phi) is 4.93. The molecule has 2 aliphatic rings. The molecule has 1 saturated heterocycles. The number of carbonyl (C=O) groups excluding carboxylic acids is 1. The molecule has 0 unspecified atom stereocenters. The Morgan fingerprint density at radius 2 is 1.88 bits per heavy atom. The highest BCUT2D eigenvalue weighted by Gasteiger charge is 2.53. The van der Waals surface area contributed by atoms with Crippen LogP contribution in [0.4, 0.5) is 0 Å². The second kappa shape index (κ2) is 7.50. The molecule has 4 atom stereocenters. The van der Waals surface area contributed by atoms with Gasteiger partial charge in [-0.2, -0.15) is 0 Å². The lowest BCUT2D eigenvalue weighted by molar-refractivity contribution is -0.126. The van der Waals surface area contributed by atoms with Crippen LogP contribution < -0.4 is 10.1 Å². The maximum Gasteiger partial charge on any atom is 0.224 e. The van der Waals surface area contributed by atoms with Crippen molar-refractivity contribution < 1.29 is 14.3 Å². The average Bonchev–Trinajstić information content (AvgIpc) is 3.10. The zero-order valence-electron chi connectivity index (χ0n) is 15.1. The van der Waals surface area contributed by atoms with Gasteiger partial charge in [0.2, 0.25) is 5.91 Å². The van der Waals surface area contributed by atoms with Gasteiger partial charge in [-0.3, -0.25) is 4.79 Å². The van der Waals surface area contributed by atoms with Crippen LogP contribution in [0.25, 0.3) is 0 Å². The largest absolute Gasteiger partial charge is 0.497 e. The van der Waals surface area contributed by atoms with E-state index in [9.17, 15) is 4.79 Å². The molecule has 0 radical (unpaired) electrons. The van der Waals surface area contributed by atoms with Crippen LogP contribution in [0.2, 0.25) is 0 Å². The van der Waals surface area contributed by atoms with Crippen molar-refractivity contribution in [3.8, 4) is 5.75 Å². The van der Waals surface area contributed by atoms with Crippen LogP contribution in [0, 0.1) is 11.8 Å². The molecule has 0 bridgehead atoms. The Labute approximate surface area is 154 Å². The fraction of sp³-hybridized carbons (Fsp3) is 0.409. The number of nitrogens with one attached hydrogen (secondary N) is 1. The molecule has 2 aromatic carbocycles. The van der Waals surface area contributed by atoms with Gasteiger partial charge < -0.3 is 14.8 Å². The first-order valence-corrected chi connectivity index (χ1v) is 9.32. The summed E-state index contributed by atoms with van der Waals surface area (Å²) in [5, 5.41) is 3.29. The van der Waals surface area contributed by atoms with E-state index in [2.05, 4.69) is 29.6 Å². The molecule has 2 fully saturated rings. The third kappa shape index (κ3) is 3.47. The van der Waals surface area contributed by atoms with E-state index in [1.807, 2.05) is 30.3 Å². The number of rotatable bonds is 6. The highest BCUT2D eigenvalue weighted by molar-refractivity contribution is 5.79. The van der Waals surface area contributed by atoms with Gasteiger partial charge in [-0.15, -0.1) is 0 Å². The van der Waals surface area contributed by atoms with E-state index >= 15 is 0 Å². The summed E-state index contributed by atoms with van der Waals surface area (Å²) < 4.78 is 11.1. The smallest absolute Gasteiger partial charge is 0.224 e. The van der Waals surface area contributed by atoms with Crippen molar-refractivity contribution >= 4 is 5.91 Å². The topological polar surface area (TPSA) is 47.6 Å². The van der Waals surface area contributed by atoms with Crippen molar-refractivity contribution in [1.82, 2.24) is 5.32 Å². The number of hydrogen-bond acceptors (Lipinski definition) is 3. The molecule has 1 aliphatic heterocycles. The first-order chi connectivity index (χ1) is 12.7. The van der Waals surface area contributed by atoms with Crippen LogP contribution in [0.15, 0.2) is 54.6 Å². The molecule has 1 heterocycles. The number of fused-ring (bicyclic) bond motifs is 1. The molecule has 0 spiro atoms. The third-order valence-electron chi connectivity index (χ3n) is 5.69. The van der Waals surface area contributed by atoms with Gasteiger partial charge >= 0.3 is 0 Å². The minimum Gasteiger partial charge on any atom is -0.497 e. The lowest BCUT2D eigenvalue weighted by Crippen LogP contribution is -2.62. The van der Waals surface area contributed by atoms with E-state index in [0.717, 1.165) is 30.8 Å². The maximum atomic E-state index is 12.6. The van der Waals surface area contributed by atoms with Crippen LogP contribution in [0.5, 0.6) is 5.75 Å². The van der Waals surface area contributed by atoms with Gasteiger partial charge in [0.05, 0.1) is 19.6 Å². The van der Waals surface area contributed by atoms with Crippen molar-refractivity contribution in [3.05, 3.63) is 65.7 Å². The normalized spacial score (nSPS) is 26.7. The summed E-state index contributed by atoms with van der Waals surface area (Å²) in [6.07, 6.45) is 2.69. The molecule has 0 aromatic heterocycles. The number of methoxy groups -OCH3 is 1. The molecule has 4 nitrogen and oxygen atoms in total. The SMILES string of the molecule is COc1ccc(CC(=O)N[C@@H]2[C@H]3CCO[C@H]3[C@H]2Cc2ccccc2)cc1. The molecule has 1 N–H and O–H groups in total. The van der Waals surface area contributed by atoms with E-state index in [1.165, 1.54) is 5.56 Å². The summed E-state index contributed by atoms with van der Waals surface area (Å²) in [5.74, 6) is 1.72. The van der Waals surface area contributed by atoms with Gasteiger partial charge in [-0.25, -0.2) is 0 Å². The average molecular weight is 351 g/mol. The van der Waals surface area contributed by atoms with Crippen molar-refractivity contribution in [1.29, 1.82) is 0 Å². The van der Waals surface area contributed by atoms with Crippen molar-refractivity contribution in [3.63, 3.8) is 0 Å². The van der Waals surface area contributed by atoms with Crippen LogP contribution in [-0.2, 0) is 22.4 Å². The Bertz CT molecular complexity index is 744. The van der Waals surface area contributed by atoms with Gasteiger partial charge in [0, 0.05) is 24.5 Å². The van der Waals surface area contributed by atoms with Gasteiger partial charge in [-0.1, -0.05) is 42.5 Å². The highest BCUT2D eigenvalue weighted by atomic mass is 16.5. The third-order valence-corrected chi connectivity index (χ3v) is 5.69. The molecule has 1 amide bonds. The van der Waals surface area contributed by atoms with Crippen LogP contribution in [0.3, 0.4) is 0 Å². The summed E-state index contributed by atoms with van der Waals surface area (Å²) in [6.45, 7) is 0.811. The fourth-order valence-electron chi connectivity index (χ4n) is 4.34. The van der Waals surface area contributed by atoms with Gasteiger partial charge in [0.1, 0.15) is 5.75 Å². The maximum absolute atomic E-state index is 12.6. The number of benzene rings is 2. The minimum absolute atomic E-state index is 0.0866. The van der Waals surface area contributed by atoms with Crippen molar-refractivity contribution in [2.75, 3.05) is 13.7 Å². The summed E-state index contributed by atoms with van der Waals surface area (Å²) in [5.41, 5.74) is 2.31. The van der Waals surface area contributed by atoms with Crippen molar-refractivity contribution in [2.24, 2.45) is 11.8 Å². The molecule has 2 aromatic rings. The summed E-state index contributed by atoms with van der Waals surface area (Å²) in [6, 6.07) is 18.4. The Balaban J connectivity index is 1.39. The standard InChI is InChI=1S/C22H25NO3/c1-25-17-9-7-16(8-10-17)14-20(24)23-21-18-11-12-26-22(18)19(21)13-15-5-3-2-4-6-15/h2-10,18-19,21-22H,11-14H2,1H3,(H,23,24)/t18-,19+,21-,22-/m1/s1. The molecule has 4 rings (SSSR count). The predicted molar refractivity (Wildman–Crippen MR) is 100 cm³/mol. The highest BCUT2D eigenvalue weighted by Crippen LogP contribution is 2.45. The molecule has 1 aliphatic carbocycles.